The maximum Gasteiger partial charge on any atom is 0.264 e. The molecule has 2 aromatic heterocycles. The zero-order valence-electron chi connectivity index (χ0n) is 10.9. The Morgan fingerprint density at radius 2 is 2.26 bits per heavy atom. The van der Waals surface area contributed by atoms with Crippen LogP contribution < -0.4 is 0 Å². The van der Waals surface area contributed by atoms with Crippen molar-refractivity contribution in [3.8, 4) is 0 Å². The van der Waals surface area contributed by atoms with Gasteiger partial charge in [-0.1, -0.05) is 6.07 Å². The summed E-state index contributed by atoms with van der Waals surface area (Å²) in [6.45, 7) is 0.296. The number of pyridine rings is 1. The van der Waals surface area contributed by atoms with Gasteiger partial charge in [-0.15, -0.1) is 0 Å². The summed E-state index contributed by atoms with van der Waals surface area (Å²) >= 11 is 0. The Bertz CT molecular complexity index is 703. The van der Waals surface area contributed by atoms with Crippen LogP contribution >= 0.6 is 0 Å². The van der Waals surface area contributed by atoms with E-state index in [-0.39, 0.29) is 0 Å². The molecule has 0 aromatic carbocycles. The summed E-state index contributed by atoms with van der Waals surface area (Å²) in [7, 11) is -3.33. The molecule has 0 aliphatic heterocycles. The van der Waals surface area contributed by atoms with Crippen molar-refractivity contribution in [2.75, 3.05) is 12.9 Å². The van der Waals surface area contributed by atoms with Gasteiger partial charge in [-0.2, -0.15) is 8.42 Å². The largest absolute Gasteiger partial charge is 0.321 e. The molecule has 2 aromatic rings. The molecule has 0 saturated heterocycles. The van der Waals surface area contributed by atoms with E-state index in [4.69, 9.17) is 4.18 Å². The van der Waals surface area contributed by atoms with Gasteiger partial charge in [-0.05, 0) is 48.9 Å². The normalized spacial score (nSPS) is 19.5. The quantitative estimate of drug-likeness (QED) is 0.808. The molecule has 2 heterocycles. The first-order chi connectivity index (χ1) is 9.03. The fraction of sp³-hybridized carbons (Fsp3) is 0.429. The Labute approximate surface area is 113 Å². The van der Waals surface area contributed by atoms with E-state index in [0.29, 0.717) is 12.5 Å². The summed E-state index contributed by atoms with van der Waals surface area (Å²) in [4.78, 5) is 0. The average molecular weight is 279 g/mol. The number of hydrogen-bond donors (Lipinski definition) is 0. The minimum absolute atomic E-state index is 0.291. The molecule has 102 valence electrons. The molecule has 0 bridgehead atoms. The summed E-state index contributed by atoms with van der Waals surface area (Å²) in [5.41, 5.74) is 3.88. The fourth-order valence-corrected chi connectivity index (χ4v) is 3.25. The topological polar surface area (TPSA) is 47.8 Å². The van der Waals surface area contributed by atoms with Crippen molar-refractivity contribution in [3.63, 3.8) is 0 Å². The Morgan fingerprint density at radius 1 is 1.42 bits per heavy atom. The first-order valence-electron chi connectivity index (χ1n) is 6.45. The number of aryl methyl sites for hydroxylation is 1. The first-order valence-corrected chi connectivity index (χ1v) is 8.27. The second kappa shape index (κ2) is 4.65. The van der Waals surface area contributed by atoms with Crippen LogP contribution in [0, 0.1) is 5.92 Å². The lowest BCUT2D eigenvalue weighted by atomic mass is 9.88. The molecule has 0 spiro atoms. The zero-order chi connectivity index (χ0) is 13.5. The van der Waals surface area contributed by atoms with E-state index in [2.05, 4.69) is 22.7 Å². The summed E-state index contributed by atoms with van der Waals surface area (Å²) < 4.78 is 29.2. The van der Waals surface area contributed by atoms with Crippen LogP contribution in [0.4, 0.5) is 0 Å². The van der Waals surface area contributed by atoms with E-state index in [1.54, 1.807) is 0 Å². The molecule has 4 nitrogen and oxygen atoms in total. The lowest BCUT2D eigenvalue weighted by Crippen LogP contribution is -2.20. The maximum atomic E-state index is 11.0. The van der Waals surface area contributed by atoms with Crippen molar-refractivity contribution in [1.82, 2.24) is 4.40 Å². The van der Waals surface area contributed by atoms with E-state index in [1.807, 2.05) is 12.1 Å². The molecule has 1 aliphatic carbocycles. The highest BCUT2D eigenvalue weighted by Gasteiger charge is 2.22. The van der Waals surface area contributed by atoms with E-state index < -0.39 is 10.1 Å². The molecule has 19 heavy (non-hydrogen) atoms. The average Bonchev–Trinajstić information content (AvgIpc) is 2.73. The van der Waals surface area contributed by atoms with Crippen LogP contribution in [0.5, 0.6) is 0 Å². The first kappa shape index (κ1) is 12.7. The van der Waals surface area contributed by atoms with Gasteiger partial charge in [0, 0.05) is 17.4 Å². The molecule has 1 unspecified atom stereocenters. The highest BCUT2D eigenvalue weighted by atomic mass is 32.2. The van der Waals surface area contributed by atoms with Gasteiger partial charge in [0.15, 0.2) is 0 Å². The molecule has 1 atom stereocenters. The highest BCUT2D eigenvalue weighted by Crippen LogP contribution is 2.28. The van der Waals surface area contributed by atoms with Crippen molar-refractivity contribution in [2.45, 2.75) is 19.3 Å². The molecular weight excluding hydrogens is 262 g/mol. The number of fused-ring (bicyclic) bond motifs is 3. The van der Waals surface area contributed by atoms with Gasteiger partial charge in [0.25, 0.3) is 10.1 Å². The smallest absolute Gasteiger partial charge is 0.264 e. The number of nitrogens with zero attached hydrogens (tertiary/aromatic N) is 1. The third kappa shape index (κ3) is 2.67. The lowest BCUT2D eigenvalue weighted by molar-refractivity contribution is 0.241. The SMILES string of the molecule is CS(=O)(=O)OCC1CCc2c(cc3ccccn23)C1. The van der Waals surface area contributed by atoms with Gasteiger partial charge < -0.3 is 4.40 Å². The summed E-state index contributed by atoms with van der Waals surface area (Å²) in [6.07, 6.45) is 6.04. The molecule has 5 heteroatoms. The van der Waals surface area contributed by atoms with Gasteiger partial charge >= 0.3 is 0 Å². The molecule has 0 fully saturated rings. The van der Waals surface area contributed by atoms with Crippen molar-refractivity contribution in [3.05, 3.63) is 41.7 Å². The lowest BCUT2D eigenvalue weighted by Gasteiger charge is -2.22. The Morgan fingerprint density at radius 3 is 3.05 bits per heavy atom. The summed E-state index contributed by atoms with van der Waals surface area (Å²) in [5.74, 6) is 0.291. The Balaban J connectivity index is 1.80. The molecular formula is C14H17NO3S. The van der Waals surface area contributed by atoms with Gasteiger partial charge in [-0.25, -0.2) is 0 Å². The van der Waals surface area contributed by atoms with Gasteiger partial charge in [-0.3, -0.25) is 4.18 Å². The molecule has 0 radical (unpaired) electrons. The minimum Gasteiger partial charge on any atom is -0.321 e. The fourth-order valence-electron chi connectivity index (χ4n) is 2.81. The van der Waals surface area contributed by atoms with Crippen LogP contribution in [0.1, 0.15) is 17.7 Å². The zero-order valence-corrected chi connectivity index (χ0v) is 11.7. The summed E-state index contributed by atoms with van der Waals surface area (Å²) in [6, 6.07) is 8.36. The van der Waals surface area contributed by atoms with Crippen LogP contribution in [-0.4, -0.2) is 25.7 Å². The predicted octanol–water partition coefficient (Wildman–Crippen LogP) is 2.02. The minimum atomic E-state index is -3.33. The van der Waals surface area contributed by atoms with E-state index in [0.717, 1.165) is 25.5 Å². The highest BCUT2D eigenvalue weighted by molar-refractivity contribution is 7.85. The van der Waals surface area contributed by atoms with E-state index in [1.165, 1.54) is 16.8 Å². The second-order valence-electron chi connectivity index (χ2n) is 5.21. The van der Waals surface area contributed by atoms with E-state index >= 15 is 0 Å². The van der Waals surface area contributed by atoms with Crippen LogP contribution in [0.25, 0.3) is 5.52 Å². The molecule has 0 N–H and O–H groups in total. The van der Waals surface area contributed by atoms with Gasteiger partial charge in [0.1, 0.15) is 0 Å². The van der Waals surface area contributed by atoms with E-state index in [9.17, 15) is 8.42 Å². The maximum absolute atomic E-state index is 11.0. The molecule has 1 aliphatic rings. The van der Waals surface area contributed by atoms with Crippen LogP contribution in [0.2, 0.25) is 0 Å². The predicted molar refractivity (Wildman–Crippen MR) is 73.7 cm³/mol. The Kier molecular flexibility index (Phi) is 3.11. The summed E-state index contributed by atoms with van der Waals surface area (Å²) in [5, 5.41) is 0. The Hall–Kier alpha value is -1.33. The van der Waals surface area contributed by atoms with Crippen LogP contribution in [0.3, 0.4) is 0 Å². The number of aromatic nitrogens is 1. The van der Waals surface area contributed by atoms with Crippen LogP contribution in [-0.2, 0) is 27.1 Å². The van der Waals surface area contributed by atoms with Crippen molar-refractivity contribution >= 4 is 15.6 Å². The molecule has 0 saturated carbocycles. The second-order valence-corrected chi connectivity index (χ2v) is 6.85. The van der Waals surface area contributed by atoms with Gasteiger partial charge in [0.05, 0.1) is 12.9 Å². The van der Waals surface area contributed by atoms with Crippen molar-refractivity contribution in [1.29, 1.82) is 0 Å². The van der Waals surface area contributed by atoms with Gasteiger partial charge in [0.2, 0.25) is 0 Å². The standard InChI is InChI=1S/C14H17NO3S/c1-19(16,17)18-10-11-5-6-14-12(8-11)9-13-4-2-3-7-15(13)14/h2-4,7,9,11H,5-6,8,10H2,1H3. The van der Waals surface area contributed by atoms with Crippen molar-refractivity contribution in [2.24, 2.45) is 5.92 Å². The number of rotatable bonds is 3. The molecule has 0 amide bonds. The number of hydrogen-bond acceptors (Lipinski definition) is 3. The van der Waals surface area contributed by atoms with Crippen LogP contribution in [0.15, 0.2) is 30.5 Å². The third-order valence-electron chi connectivity index (χ3n) is 3.69. The monoisotopic (exact) mass is 279 g/mol. The molecule has 3 rings (SSSR count). The third-order valence-corrected chi connectivity index (χ3v) is 4.26. The van der Waals surface area contributed by atoms with Crippen molar-refractivity contribution < 1.29 is 12.6 Å².